The minimum atomic E-state index is -0.943. The first-order chi connectivity index (χ1) is 16.9. The van der Waals surface area contributed by atoms with Crippen LogP contribution in [0.25, 0.3) is 16.8 Å². The molecule has 1 heterocycles. The summed E-state index contributed by atoms with van der Waals surface area (Å²) in [6.45, 7) is -0.0129. The van der Waals surface area contributed by atoms with Gasteiger partial charge in [0.1, 0.15) is 29.4 Å². The quantitative estimate of drug-likeness (QED) is 0.316. The molecule has 1 N–H and O–H groups in total. The van der Waals surface area contributed by atoms with Crippen molar-refractivity contribution >= 4 is 52.0 Å². The summed E-state index contributed by atoms with van der Waals surface area (Å²) in [4.78, 5) is 39.9. The Morgan fingerprint density at radius 2 is 1.77 bits per heavy atom. The fourth-order valence-electron chi connectivity index (χ4n) is 3.71. The zero-order valence-corrected chi connectivity index (χ0v) is 19.5. The molecule has 3 aromatic carbocycles. The Morgan fingerprint density at radius 3 is 2.49 bits per heavy atom. The smallest absolute Gasteiger partial charge is 0.336 e. The summed E-state index contributed by atoms with van der Waals surface area (Å²) < 4.78 is 16.2. The summed E-state index contributed by atoms with van der Waals surface area (Å²) in [5, 5.41) is 4.00. The number of terminal acetylenes is 1. The average molecular weight is 491 g/mol. The first-order valence-electron chi connectivity index (χ1n) is 10.3. The van der Waals surface area contributed by atoms with Crippen LogP contribution < -0.4 is 24.4 Å². The van der Waals surface area contributed by atoms with E-state index in [4.69, 9.17) is 32.2 Å². The highest BCUT2D eigenvalue weighted by atomic mass is 35.5. The van der Waals surface area contributed by atoms with Crippen molar-refractivity contribution < 1.29 is 28.6 Å². The van der Waals surface area contributed by atoms with Crippen LogP contribution in [0, 0.1) is 12.3 Å². The minimum Gasteiger partial charge on any atom is -0.495 e. The van der Waals surface area contributed by atoms with Gasteiger partial charge in [0.05, 0.1) is 24.9 Å². The SMILES string of the molecule is C#CCOc1ccc2ccccc2c1/C=C1\C(=O)NC(=O)N(c2cc(OC)c(Cl)cc2OC)C1=O. The third-order valence-electron chi connectivity index (χ3n) is 5.33. The van der Waals surface area contributed by atoms with Crippen LogP contribution in [0.15, 0.2) is 54.1 Å². The fourth-order valence-corrected chi connectivity index (χ4v) is 3.94. The molecule has 4 amide bonds. The summed E-state index contributed by atoms with van der Waals surface area (Å²) in [5.41, 5.74) is 0.227. The van der Waals surface area contributed by atoms with Gasteiger partial charge >= 0.3 is 6.03 Å². The van der Waals surface area contributed by atoms with E-state index in [-0.39, 0.29) is 34.4 Å². The Morgan fingerprint density at radius 1 is 1.03 bits per heavy atom. The van der Waals surface area contributed by atoms with E-state index in [1.54, 1.807) is 6.07 Å². The summed E-state index contributed by atoms with van der Waals surface area (Å²) in [7, 11) is 2.75. The average Bonchev–Trinajstić information content (AvgIpc) is 2.85. The minimum absolute atomic E-state index is 0.0129. The number of hydrogen-bond acceptors (Lipinski definition) is 6. The molecule has 1 fully saturated rings. The Kier molecular flexibility index (Phi) is 6.62. The molecule has 176 valence electrons. The molecule has 3 aromatic rings. The monoisotopic (exact) mass is 490 g/mol. The van der Waals surface area contributed by atoms with Crippen molar-refractivity contribution in [2.75, 3.05) is 25.7 Å². The molecular formula is C26H19ClN2O6. The van der Waals surface area contributed by atoms with Crippen molar-refractivity contribution in [3.63, 3.8) is 0 Å². The number of hydrogen-bond donors (Lipinski definition) is 1. The number of barbiturate groups is 1. The van der Waals surface area contributed by atoms with Gasteiger partial charge in [-0.05, 0) is 22.9 Å². The van der Waals surface area contributed by atoms with E-state index in [0.717, 1.165) is 15.7 Å². The number of urea groups is 1. The van der Waals surface area contributed by atoms with E-state index in [9.17, 15) is 14.4 Å². The van der Waals surface area contributed by atoms with Gasteiger partial charge in [0.15, 0.2) is 0 Å². The number of methoxy groups -OCH3 is 2. The Bertz CT molecular complexity index is 1440. The van der Waals surface area contributed by atoms with E-state index < -0.39 is 17.8 Å². The van der Waals surface area contributed by atoms with Gasteiger partial charge in [-0.2, -0.15) is 0 Å². The highest BCUT2D eigenvalue weighted by Gasteiger charge is 2.39. The largest absolute Gasteiger partial charge is 0.495 e. The molecule has 0 radical (unpaired) electrons. The molecule has 1 saturated heterocycles. The summed E-state index contributed by atoms with van der Waals surface area (Å²) in [5.74, 6) is 1.40. The van der Waals surface area contributed by atoms with Crippen LogP contribution in [0.4, 0.5) is 10.5 Å². The fraction of sp³-hybridized carbons (Fsp3) is 0.115. The van der Waals surface area contributed by atoms with Crippen molar-refractivity contribution in [1.82, 2.24) is 5.32 Å². The van der Waals surface area contributed by atoms with Crippen molar-refractivity contribution in [3.05, 3.63) is 64.7 Å². The lowest BCUT2D eigenvalue weighted by molar-refractivity contribution is -0.122. The van der Waals surface area contributed by atoms with Crippen LogP contribution in [0.2, 0.25) is 5.02 Å². The van der Waals surface area contributed by atoms with Gasteiger partial charge in [-0.1, -0.05) is 47.9 Å². The van der Waals surface area contributed by atoms with Gasteiger partial charge in [0.25, 0.3) is 11.8 Å². The molecule has 1 aliphatic heterocycles. The number of rotatable bonds is 6. The third-order valence-corrected chi connectivity index (χ3v) is 5.62. The number of anilines is 1. The predicted molar refractivity (Wildman–Crippen MR) is 132 cm³/mol. The van der Waals surface area contributed by atoms with E-state index in [1.165, 1.54) is 32.4 Å². The van der Waals surface area contributed by atoms with Crippen molar-refractivity contribution in [1.29, 1.82) is 0 Å². The number of nitrogens with zero attached hydrogens (tertiary/aromatic N) is 1. The number of carbonyl (C=O) groups excluding carboxylic acids is 3. The summed E-state index contributed by atoms with van der Waals surface area (Å²) >= 11 is 6.16. The second kappa shape index (κ2) is 9.79. The van der Waals surface area contributed by atoms with Crippen molar-refractivity contribution in [3.8, 4) is 29.6 Å². The topological polar surface area (TPSA) is 94.2 Å². The first-order valence-corrected chi connectivity index (χ1v) is 10.7. The number of halogens is 1. The van der Waals surface area contributed by atoms with E-state index >= 15 is 0 Å². The van der Waals surface area contributed by atoms with Crippen molar-refractivity contribution in [2.45, 2.75) is 0 Å². The summed E-state index contributed by atoms with van der Waals surface area (Å²) in [6.07, 6.45) is 6.72. The summed E-state index contributed by atoms with van der Waals surface area (Å²) in [6, 6.07) is 12.8. The first kappa shape index (κ1) is 23.7. The number of benzene rings is 3. The number of fused-ring (bicyclic) bond motifs is 1. The third kappa shape index (κ3) is 4.37. The Hall–Kier alpha value is -4.48. The van der Waals surface area contributed by atoms with Crippen LogP contribution in [0.1, 0.15) is 5.56 Å². The maximum absolute atomic E-state index is 13.5. The van der Waals surface area contributed by atoms with E-state index in [0.29, 0.717) is 11.3 Å². The van der Waals surface area contributed by atoms with Crippen LogP contribution in [0.5, 0.6) is 17.2 Å². The zero-order chi connectivity index (χ0) is 25.1. The van der Waals surface area contributed by atoms with Crippen molar-refractivity contribution in [2.24, 2.45) is 0 Å². The zero-order valence-electron chi connectivity index (χ0n) is 18.8. The standard InChI is InChI=1S/C26H19ClN2O6/c1-4-11-35-21-10-9-15-7-5-6-8-16(15)17(21)12-18-24(30)28-26(32)29(25(18)31)20-14-22(33-2)19(27)13-23(20)34-3/h1,5-10,12-14H,11H2,2-3H3,(H,28,30,32)/b18-12+. The maximum Gasteiger partial charge on any atom is 0.336 e. The second-order valence-corrected chi connectivity index (χ2v) is 7.71. The molecule has 0 spiro atoms. The van der Waals surface area contributed by atoms with E-state index in [1.807, 2.05) is 30.3 Å². The molecule has 0 atom stereocenters. The molecule has 0 saturated carbocycles. The molecular weight excluding hydrogens is 472 g/mol. The van der Waals surface area contributed by atoms with Gasteiger partial charge in [-0.25, -0.2) is 9.69 Å². The lowest BCUT2D eigenvalue weighted by Crippen LogP contribution is -2.54. The van der Waals surface area contributed by atoms with Gasteiger partial charge < -0.3 is 14.2 Å². The highest BCUT2D eigenvalue weighted by Crippen LogP contribution is 2.40. The normalized spacial score (nSPS) is 14.6. The Labute approximate surface area is 206 Å². The van der Waals surface area contributed by atoms with Crippen LogP contribution in [-0.4, -0.2) is 38.7 Å². The van der Waals surface area contributed by atoms with Crippen LogP contribution in [-0.2, 0) is 9.59 Å². The van der Waals surface area contributed by atoms with Gasteiger partial charge in [-0.15, -0.1) is 6.42 Å². The van der Waals surface area contributed by atoms with Gasteiger partial charge in [0.2, 0.25) is 0 Å². The van der Waals surface area contributed by atoms with Crippen LogP contribution >= 0.6 is 11.6 Å². The predicted octanol–water partition coefficient (Wildman–Crippen LogP) is 4.19. The highest BCUT2D eigenvalue weighted by molar-refractivity contribution is 6.40. The number of imide groups is 2. The van der Waals surface area contributed by atoms with Gasteiger partial charge in [0, 0.05) is 17.7 Å². The Balaban J connectivity index is 1.89. The number of ether oxygens (including phenoxy) is 3. The molecule has 9 heteroatoms. The molecule has 8 nitrogen and oxygen atoms in total. The molecule has 0 bridgehead atoms. The van der Waals surface area contributed by atoms with Crippen LogP contribution in [0.3, 0.4) is 0 Å². The van der Waals surface area contributed by atoms with Gasteiger partial charge in [-0.3, -0.25) is 14.9 Å². The molecule has 0 aliphatic carbocycles. The molecule has 4 rings (SSSR count). The molecule has 1 aliphatic rings. The maximum atomic E-state index is 13.5. The number of nitrogens with one attached hydrogen (secondary N) is 1. The lowest BCUT2D eigenvalue weighted by Gasteiger charge is -2.28. The molecule has 0 unspecified atom stereocenters. The molecule has 0 aromatic heterocycles. The molecule has 35 heavy (non-hydrogen) atoms. The lowest BCUT2D eigenvalue weighted by atomic mass is 9.99. The second-order valence-electron chi connectivity index (χ2n) is 7.31. The van der Waals surface area contributed by atoms with E-state index in [2.05, 4.69) is 11.2 Å². The number of amides is 4. The number of carbonyl (C=O) groups is 3.